The number of hydrogen-bond acceptors (Lipinski definition) is 6. The van der Waals surface area contributed by atoms with Gasteiger partial charge in [0.2, 0.25) is 0 Å². The van der Waals surface area contributed by atoms with E-state index < -0.39 is 0 Å². The van der Waals surface area contributed by atoms with Gasteiger partial charge in [-0.25, -0.2) is 15.0 Å². The number of aryl methyl sites for hydroxylation is 1. The number of thioether (sulfide) groups is 1. The van der Waals surface area contributed by atoms with Crippen LogP contribution in [0.2, 0.25) is 0 Å². The first kappa shape index (κ1) is 14.1. The highest BCUT2D eigenvalue weighted by Gasteiger charge is 2.31. The normalized spacial score (nSPS) is 14.9. The monoisotopic (exact) mass is 301 g/mol. The van der Waals surface area contributed by atoms with E-state index in [1.54, 1.807) is 11.8 Å². The summed E-state index contributed by atoms with van der Waals surface area (Å²) in [5.74, 6) is 2.04. The largest absolute Gasteiger partial charge is 0.353 e. The van der Waals surface area contributed by atoms with Gasteiger partial charge in [-0.3, -0.25) is 0 Å². The van der Waals surface area contributed by atoms with Crippen LogP contribution in [0.25, 0.3) is 0 Å². The van der Waals surface area contributed by atoms with Crippen molar-refractivity contribution in [3.05, 3.63) is 36.2 Å². The zero-order valence-corrected chi connectivity index (χ0v) is 13.3. The summed E-state index contributed by atoms with van der Waals surface area (Å²) in [6.07, 6.45) is 3.84. The summed E-state index contributed by atoms with van der Waals surface area (Å²) in [7, 11) is 2.10. The third-order valence-corrected chi connectivity index (χ3v) is 4.30. The van der Waals surface area contributed by atoms with Gasteiger partial charge in [0.25, 0.3) is 0 Å². The Morgan fingerprint density at radius 3 is 2.76 bits per heavy atom. The maximum absolute atomic E-state index is 4.60. The van der Waals surface area contributed by atoms with Gasteiger partial charge in [0.15, 0.2) is 5.16 Å². The molecule has 1 saturated heterocycles. The molecule has 0 unspecified atom stereocenters. The minimum Gasteiger partial charge on any atom is -0.353 e. The second-order valence-corrected chi connectivity index (χ2v) is 5.99. The molecule has 21 heavy (non-hydrogen) atoms. The van der Waals surface area contributed by atoms with Crippen LogP contribution < -0.4 is 9.80 Å². The summed E-state index contributed by atoms with van der Waals surface area (Å²) < 4.78 is 0. The number of anilines is 2. The highest BCUT2D eigenvalue weighted by Crippen LogP contribution is 2.25. The summed E-state index contributed by atoms with van der Waals surface area (Å²) in [6, 6.07) is 8.54. The van der Waals surface area contributed by atoms with Gasteiger partial charge in [-0.05, 0) is 25.3 Å². The SMILES string of the molecule is CSc1nc(C)cc(N(C)C2CN(c3ccccn3)C2)n1. The third kappa shape index (κ3) is 2.95. The first-order valence-corrected chi connectivity index (χ1v) is 8.18. The molecular weight excluding hydrogens is 282 g/mol. The average molecular weight is 301 g/mol. The molecule has 0 saturated carbocycles. The van der Waals surface area contributed by atoms with Crippen LogP contribution in [0.3, 0.4) is 0 Å². The minimum absolute atomic E-state index is 0.469. The maximum Gasteiger partial charge on any atom is 0.189 e. The van der Waals surface area contributed by atoms with E-state index in [0.29, 0.717) is 6.04 Å². The van der Waals surface area contributed by atoms with E-state index in [4.69, 9.17) is 0 Å². The van der Waals surface area contributed by atoms with Gasteiger partial charge in [-0.2, -0.15) is 0 Å². The lowest BCUT2D eigenvalue weighted by atomic mass is 10.1. The Morgan fingerprint density at radius 1 is 1.29 bits per heavy atom. The zero-order chi connectivity index (χ0) is 14.8. The molecule has 0 N–H and O–H groups in total. The van der Waals surface area contributed by atoms with Crippen LogP contribution in [0, 0.1) is 6.92 Å². The lowest BCUT2D eigenvalue weighted by molar-refractivity contribution is 0.488. The quantitative estimate of drug-likeness (QED) is 0.637. The predicted molar refractivity (Wildman–Crippen MR) is 87.2 cm³/mol. The molecule has 6 heteroatoms. The molecule has 1 aliphatic heterocycles. The molecule has 110 valence electrons. The number of rotatable bonds is 4. The van der Waals surface area contributed by atoms with Crippen molar-refractivity contribution in [1.82, 2.24) is 15.0 Å². The summed E-state index contributed by atoms with van der Waals surface area (Å²) in [5, 5.41) is 0.831. The molecule has 3 rings (SSSR count). The molecule has 0 atom stereocenters. The number of aromatic nitrogens is 3. The number of hydrogen-bond donors (Lipinski definition) is 0. The second kappa shape index (κ2) is 5.89. The van der Waals surface area contributed by atoms with Gasteiger partial charge in [-0.1, -0.05) is 17.8 Å². The van der Waals surface area contributed by atoms with Crippen LogP contribution in [0.1, 0.15) is 5.69 Å². The Labute approximate surface area is 129 Å². The topological polar surface area (TPSA) is 45.2 Å². The van der Waals surface area contributed by atoms with E-state index in [1.807, 2.05) is 37.6 Å². The molecule has 1 aliphatic rings. The molecule has 3 heterocycles. The average Bonchev–Trinajstić information content (AvgIpc) is 2.46. The fraction of sp³-hybridized carbons (Fsp3) is 0.400. The summed E-state index contributed by atoms with van der Waals surface area (Å²) in [6.45, 7) is 3.97. The van der Waals surface area contributed by atoms with Crippen LogP contribution in [0.15, 0.2) is 35.6 Å². The van der Waals surface area contributed by atoms with E-state index >= 15 is 0 Å². The summed E-state index contributed by atoms with van der Waals surface area (Å²) in [5.41, 5.74) is 1.01. The summed E-state index contributed by atoms with van der Waals surface area (Å²) >= 11 is 1.58. The first-order chi connectivity index (χ1) is 10.2. The molecule has 2 aromatic heterocycles. The van der Waals surface area contributed by atoms with Gasteiger partial charge >= 0.3 is 0 Å². The lowest BCUT2D eigenvalue weighted by Gasteiger charge is -2.45. The van der Waals surface area contributed by atoms with E-state index in [0.717, 1.165) is 35.6 Å². The lowest BCUT2D eigenvalue weighted by Crippen LogP contribution is -2.59. The smallest absolute Gasteiger partial charge is 0.189 e. The van der Waals surface area contributed by atoms with Gasteiger partial charge in [-0.15, -0.1) is 0 Å². The molecule has 2 aromatic rings. The first-order valence-electron chi connectivity index (χ1n) is 6.96. The van der Waals surface area contributed by atoms with Crippen molar-refractivity contribution < 1.29 is 0 Å². The van der Waals surface area contributed by atoms with Crippen LogP contribution in [0.5, 0.6) is 0 Å². The second-order valence-electron chi connectivity index (χ2n) is 5.21. The van der Waals surface area contributed by atoms with Crippen molar-refractivity contribution in [2.24, 2.45) is 0 Å². The van der Waals surface area contributed by atoms with Crippen molar-refractivity contribution in [3.63, 3.8) is 0 Å². The fourth-order valence-corrected chi connectivity index (χ4v) is 2.83. The van der Waals surface area contributed by atoms with Crippen molar-refractivity contribution in [2.75, 3.05) is 36.2 Å². The zero-order valence-electron chi connectivity index (χ0n) is 12.5. The van der Waals surface area contributed by atoms with Crippen molar-refractivity contribution >= 4 is 23.4 Å². The highest BCUT2D eigenvalue weighted by molar-refractivity contribution is 7.98. The Bertz CT molecular complexity index is 613. The Hall–Kier alpha value is -1.82. The van der Waals surface area contributed by atoms with Crippen molar-refractivity contribution in [2.45, 2.75) is 18.1 Å². The minimum atomic E-state index is 0.469. The number of pyridine rings is 1. The van der Waals surface area contributed by atoms with Gasteiger partial charge < -0.3 is 9.80 Å². The van der Waals surface area contributed by atoms with Crippen LogP contribution >= 0.6 is 11.8 Å². The Kier molecular flexibility index (Phi) is 3.96. The molecule has 0 spiro atoms. The van der Waals surface area contributed by atoms with E-state index in [-0.39, 0.29) is 0 Å². The molecule has 1 fully saturated rings. The standard InChI is InChI=1S/C15H19N5S/c1-11-8-14(18-15(17-11)21-3)19(2)12-9-20(10-12)13-6-4-5-7-16-13/h4-8,12H,9-10H2,1-3H3. The number of likely N-dealkylation sites (N-methyl/N-ethyl adjacent to an activating group) is 1. The van der Waals surface area contributed by atoms with Crippen LogP contribution in [0.4, 0.5) is 11.6 Å². The van der Waals surface area contributed by atoms with E-state index in [2.05, 4.69) is 37.9 Å². The van der Waals surface area contributed by atoms with Crippen molar-refractivity contribution in [1.29, 1.82) is 0 Å². The highest BCUT2D eigenvalue weighted by atomic mass is 32.2. The molecule has 0 bridgehead atoms. The molecular formula is C15H19N5S. The van der Waals surface area contributed by atoms with Gasteiger partial charge in [0, 0.05) is 38.1 Å². The van der Waals surface area contributed by atoms with Crippen molar-refractivity contribution in [3.8, 4) is 0 Å². The maximum atomic E-state index is 4.60. The molecule has 0 aromatic carbocycles. The van der Waals surface area contributed by atoms with Gasteiger partial charge in [0.05, 0.1) is 6.04 Å². The Morgan fingerprint density at radius 2 is 2.10 bits per heavy atom. The van der Waals surface area contributed by atoms with Crippen LogP contribution in [-0.4, -0.2) is 47.4 Å². The molecule has 5 nitrogen and oxygen atoms in total. The fourth-order valence-electron chi connectivity index (χ4n) is 2.41. The number of nitrogens with zero attached hydrogens (tertiary/aromatic N) is 5. The predicted octanol–water partition coefficient (Wildman–Crippen LogP) is 2.23. The molecule has 0 amide bonds. The van der Waals surface area contributed by atoms with Crippen LogP contribution in [-0.2, 0) is 0 Å². The summed E-state index contributed by atoms with van der Waals surface area (Å²) in [4.78, 5) is 17.9. The Balaban J connectivity index is 1.68. The van der Waals surface area contributed by atoms with E-state index in [9.17, 15) is 0 Å². The molecule has 0 radical (unpaired) electrons. The van der Waals surface area contributed by atoms with E-state index in [1.165, 1.54) is 0 Å². The molecule has 0 aliphatic carbocycles. The van der Waals surface area contributed by atoms with Gasteiger partial charge in [0.1, 0.15) is 11.6 Å². The third-order valence-electron chi connectivity index (χ3n) is 3.75.